The first-order valence-electron chi connectivity index (χ1n) is 54.9. The van der Waals surface area contributed by atoms with Crippen LogP contribution in [0, 0.1) is 47.4 Å². The van der Waals surface area contributed by atoms with E-state index >= 15 is 0 Å². The van der Waals surface area contributed by atoms with Crippen molar-refractivity contribution in [3.63, 3.8) is 0 Å². The van der Waals surface area contributed by atoms with Crippen LogP contribution in [0.5, 0.6) is 0 Å². The number of benzene rings is 10. The van der Waals surface area contributed by atoms with Crippen molar-refractivity contribution in [3.05, 3.63) is 294 Å². The second-order valence-corrected chi connectivity index (χ2v) is 41.7. The Kier molecular flexibility index (Phi) is 35.2. The van der Waals surface area contributed by atoms with Crippen LogP contribution in [0.2, 0.25) is 0 Å². The number of hydrogen-bond donors (Lipinski definition) is 0. The Morgan fingerprint density at radius 1 is 0.135 bits per heavy atom. The molecule has 10 aromatic rings. The van der Waals surface area contributed by atoms with Crippen LogP contribution in [0.25, 0.3) is 55.6 Å². The molecule has 0 fully saturated rings. The lowest BCUT2D eigenvalue weighted by atomic mass is 9.70. The summed E-state index contributed by atoms with van der Waals surface area (Å²) in [5.74, 6) is 31.1. The van der Waals surface area contributed by atoms with E-state index in [4.69, 9.17) is 0 Å². The minimum Gasteiger partial charge on any atom is -0.0654 e. The molecule has 0 saturated heterocycles. The molecule has 5 aliphatic rings. The van der Waals surface area contributed by atoms with Gasteiger partial charge in [0.15, 0.2) is 0 Å². The summed E-state index contributed by atoms with van der Waals surface area (Å²) in [6.45, 7) is 23.5. The maximum Gasteiger partial charge on any atom is 0.0252 e. The van der Waals surface area contributed by atoms with Gasteiger partial charge in [-0.2, -0.15) is 0 Å². The molecule has 0 unspecified atom stereocenters. The molecule has 0 saturated carbocycles. The average Bonchev–Trinajstić information content (AvgIpc) is 1.50. The van der Waals surface area contributed by atoms with Gasteiger partial charge in [0.25, 0.3) is 0 Å². The molecule has 0 spiro atoms. The Bertz CT molecular complexity index is 5420. The van der Waals surface area contributed by atoms with Crippen molar-refractivity contribution in [1.29, 1.82) is 0 Å². The quantitative estimate of drug-likeness (QED) is 0.0263. The molecule has 694 valence electrons. The second-order valence-electron chi connectivity index (χ2n) is 41.7. The van der Waals surface area contributed by atoms with E-state index in [0.29, 0.717) is 0 Å². The largest absolute Gasteiger partial charge is 0.0654 e. The maximum atomic E-state index is 3.92. The molecule has 0 heterocycles. The molecule has 0 radical (unpaired) electrons. The van der Waals surface area contributed by atoms with Crippen LogP contribution in [0.15, 0.2) is 194 Å². The summed E-state index contributed by atoms with van der Waals surface area (Å²) in [6, 6.07) is 77.5. The first-order valence-corrected chi connectivity index (χ1v) is 54.9. The van der Waals surface area contributed by atoms with Crippen molar-refractivity contribution >= 4 is 0 Å². The standard InChI is InChI=1S/C133H162/c1-11-21-31-45-83-129(84-46-32-22-12-2)119-57-43-41-55-109(119)111-75-67-101(93-121(111)129)59-61-103-69-77-113-115-79-71-105(97-125(115)131(123(113)95-103,87-49-35-25-15-5)88-50-36-26-16-6)63-65-107-73-81-117-118-82-74-108(100-128(118)133(127(117)99-107,91-53-39-29-19-9)92-54-40-30-20-10)66-64-106-72-80-116-114-78-70-104(96-124(114)132(126(116)98-106,89-51-37-27-17-7)90-52-38-28-18-8)62-60-102-68-76-112-110-56-42-44-58-120(110)130(122(112)94-102,85-47-33-23-13-3)86-48-34-24-14-4/h41-44,55-58,67-82,93-100H,11-40,45-54,83-92H2,1-10H3. The summed E-state index contributed by atoms with van der Waals surface area (Å²) >= 11 is 0. The second kappa shape index (κ2) is 47.8. The zero-order chi connectivity index (χ0) is 92.3. The molecule has 0 bridgehead atoms. The summed E-state index contributed by atoms with van der Waals surface area (Å²) in [7, 11) is 0. The molecule has 0 heteroatoms. The van der Waals surface area contributed by atoms with E-state index in [2.05, 4.69) is 311 Å². The molecule has 10 aromatic carbocycles. The van der Waals surface area contributed by atoms with E-state index < -0.39 is 0 Å². The van der Waals surface area contributed by atoms with Crippen LogP contribution in [-0.2, 0) is 27.1 Å². The zero-order valence-corrected chi connectivity index (χ0v) is 84.3. The number of fused-ring (bicyclic) bond motifs is 15. The highest BCUT2D eigenvalue weighted by Crippen LogP contribution is 2.61. The van der Waals surface area contributed by atoms with Gasteiger partial charge in [0.1, 0.15) is 0 Å². The summed E-state index contributed by atoms with van der Waals surface area (Å²) in [6.07, 6.45) is 61.9. The first kappa shape index (κ1) is 98.0. The topological polar surface area (TPSA) is 0 Å². The summed E-state index contributed by atoms with van der Waals surface area (Å²) in [5, 5.41) is 0. The van der Waals surface area contributed by atoms with Crippen molar-refractivity contribution in [1.82, 2.24) is 0 Å². The molecular weight excluding hydrogens is 1600 g/mol. The third-order valence-corrected chi connectivity index (χ3v) is 32.6. The van der Waals surface area contributed by atoms with Crippen LogP contribution in [-0.4, -0.2) is 0 Å². The van der Waals surface area contributed by atoms with E-state index in [1.165, 1.54) is 383 Å². The SMILES string of the molecule is CCCCCCC1(CCCCCC)c2ccccc2-c2ccc(C#Cc3ccc4c(c3)C(CCCCCC)(CCCCCC)c3cc(C#Cc5ccc6c(c5)C(CCCCCC)(CCCCCC)c5cc(C#Cc7ccc8c(c7)C(CCCCCC)(CCCCCC)c7cc(C#Cc9ccc%10c(c9)C(CCCCCC)(CCCCCC)c9ccccc9-%10)ccc7-8)ccc5-6)ccc3-4)cc21. The molecule has 133 heavy (non-hydrogen) atoms. The molecule has 0 aliphatic heterocycles. The lowest BCUT2D eigenvalue weighted by molar-refractivity contribution is 0.401. The van der Waals surface area contributed by atoms with Gasteiger partial charge in [0.2, 0.25) is 0 Å². The fourth-order valence-electron chi connectivity index (χ4n) is 25.4. The Morgan fingerprint density at radius 2 is 0.263 bits per heavy atom. The van der Waals surface area contributed by atoms with Gasteiger partial charge in [0.05, 0.1) is 0 Å². The lowest BCUT2D eigenvalue weighted by Crippen LogP contribution is -2.26. The summed E-state index contributed by atoms with van der Waals surface area (Å²) < 4.78 is 0. The molecule has 15 rings (SSSR count). The number of hydrogen-bond acceptors (Lipinski definition) is 0. The molecule has 0 amide bonds. The minimum atomic E-state index is -0.140. The summed E-state index contributed by atoms with van der Waals surface area (Å²) in [4.78, 5) is 0. The van der Waals surface area contributed by atoms with Gasteiger partial charge in [-0.05, 0) is 273 Å². The van der Waals surface area contributed by atoms with Crippen LogP contribution >= 0.6 is 0 Å². The Morgan fingerprint density at radius 3 is 0.406 bits per heavy atom. The molecule has 0 nitrogen and oxygen atoms in total. The van der Waals surface area contributed by atoms with Crippen molar-refractivity contribution in [3.8, 4) is 103 Å². The molecule has 0 atom stereocenters. The van der Waals surface area contributed by atoms with Crippen molar-refractivity contribution in [2.45, 2.75) is 417 Å². The Hall–Kier alpha value is -9.56. The van der Waals surface area contributed by atoms with Gasteiger partial charge in [0, 0.05) is 71.6 Å². The lowest BCUT2D eigenvalue weighted by Gasteiger charge is -2.33. The summed E-state index contributed by atoms with van der Waals surface area (Å²) in [5.41, 5.74) is 37.9. The van der Waals surface area contributed by atoms with Gasteiger partial charge in [-0.15, -0.1) is 0 Å². The molecule has 0 N–H and O–H groups in total. The van der Waals surface area contributed by atoms with Crippen LogP contribution in [0.4, 0.5) is 0 Å². The minimum absolute atomic E-state index is 0.0324. The molecular formula is C133H162. The van der Waals surface area contributed by atoms with Crippen LogP contribution in [0.3, 0.4) is 0 Å². The third kappa shape index (κ3) is 21.6. The first-order chi connectivity index (χ1) is 65.5. The van der Waals surface area contributed by atoms with E-state index in [1.807, 2.05) is 0 Å². The van der Waals surface area contributed by atoms with Gasteiger partial charge in [-0.1, -0.05) is 470 Å². The van der Waals surface area contributed by atoms with Crippen LogP contribution in [0.1, 0.15) is 490 Å². The van der Waals surface area contributed by atoms with Crippen molar-refractivity contribution in [2.24, 2.45) is 0 Å². The predicted octanol–water partition coefficient (Wildman–Crippen LogP) is 38.3. The fourth-order valence-corrected chi connectivity index (χ4v) is 25.4. The van der Waals surface area contributed by atoms with Crippen LogP contribution < -0.4 is 0 Å². The molecule has 0 aromatic heterocycles. The van der Waals surface area contributed by atoms with E-state index in [1.54, 1.807) is 11.1 Å². The fraction of sp³-hybridized carbons (Fsp3) is 0.489. The highest BCUT2D eigenvalue weighted by atomic mass is 14.5. The predicted molar refractivity (Wildman–Crippen MR) is 575 cm³/mol. The number of unbranched alkanes of at least 4 members (excludes halogenated alkanes) is 30. The van der Waals surface area contributed by atoms with Gasteiger partial charge < -0.3 is 0 Å². The normalized spacial score (nSPS) is 14.3. The monoisotopic (exact) mass is 1760 g/mol. The highest BCUT2D eigenvalue weighted by Gasteiger charge is 2.48. The zero-order valence-electron chi connectivity index (χ0n) is 84.3. The average molecular weight is 1760 g/mol. The van der Waals surface area contributed by atoms with Crippen molar-refractivity contribution in [2.75, 3.05) is 0 Å². The third-order valence-electron chi connectivity index (χ3n) is 32.6. The van der Waals surface area contributed by atoms with Gasteiger partial charge in [-0.25, -0.2) is 0 Å². The van der Waals surface area contributed by atoms with E-state index in [-0.39, 0.29) is 27.1 Å². The Balaban J connectivity index is 0.750. The smallest absolute Gasteiger partial charge is 0.0252 e. The number of rotatable bonds is 50. The highest BCUT2D eigenvalue weighted by molar-refractivity contribution is 5.88. The van der Waals surface area contributed by atoms with Gasteiger partial charge in [-0.3, -0.25) is 0 Å². The Labute approximate surface area is 809 Å². The van der Waals surface area contributed by atoms with Crippen molar-refractivity contribution < 1.29 is 0 Å². The maximum absolute atomic E-state index is 3.92. The molecule has 5 aliphatic carbocycles. The van der Waals surface area contributed by atoms with Gasteiger partial charge >= 0.3 is 0 Å². The van der Waals surface area contributed by atoms with E-state index in [9.17, 15) is 0 Å². The van der Waals surface area contributed by atoms with E-state index in [0.717, 1.165) is 83.0 Å².